The predicted octanol–water partition coefficient (Wildman–Crippen LogP) is 4.22. The fourth-order valence-electron chi connectivity index (χ4n) is 4.84. The lowest BCUT2D eigenvalue weighted by atomic mass is 9.75. The number of nitrogens with zero attached hydrogens (tertiary/aromatic N) is 2. The van der Waals surface area contributed by atoms with Gasteiger partial charge in [-0.3, -0.25) is 24.6 Å². The fraction of sp³-hybridized carbons (Fsp3) is 0.609. The molecule has 31 heavy (non-hydrogen) atoms. The van der Waals surface area contributed by atoms with Crippen LogP contribution in [0.2, 0.25) is 0 Å². The van der Waals surface area contributed by atoms with E-state index in [1.165, 1.54) is 18.2 Å². The van der Waals surface area contributed by atoms with E-state index in [-0.39, 0.29) is 23.1 Å². The van der Waals surface area contributed by atoms with Crippen molar-refractivity contribution in [2.45, 2.75) is 66.0 Å². The van der Waals surface area contributed by atoms with Crippen molar-refractivity contribution >= 4 is 23.5 Å². The SMILES string of the molecule is CC1CCC(C(C)C)C(OC(=O)C(C(C)C)N2C(=O)c3cccc([N+](=O)[O-])c3C2=O)C1. The topological polar surface area (TPSA) is 107 Å². The van der Waals surface area contributed by atoms with Gasteiger partial charge in [0.15, 0.2) is 0 Å². The highest BCUT2D eigenvalue weighted by Crippen LogP contribution is 2.37. The number of amides is 2. The van der Waals surface area contributed by atoms with Crippen LogP contribution in [0, 0.1) is 33.8 Å². The van der Waals surface area contributed by atoms with Gasteiger partial charge in [-0.1, -0.05) is 47.1 Å². The minimum absolute atomic E-state index is 0.0519. The second-order valence-electron chi connectivity index (χ2n) is 9.43. The molecule has 1 fully saturated rings. The first kappa shape index (κ1) is 22.9. The molecular formula is C23H30N2O6. The maximum Gasteiger partial charge on any atom is 0.329 e. The zero-order chi connectivity index (χ0) is 23.0. The van der Waals surface area contributed by atoms with E-state index in [9.17, 15) is 24.5 Å². The highest BCUT2D eigenvalue weighted by molar-refractivity contribution is 6.24. The van der Waals surface area contributed by atoms with Crippen molar-refractivity contribution in [1.29, 1.82) is 0 Å². The Labute approximate surface area is 182 Å². The number of nitro benzene ring substituents is 1. The summed E-state index contributed by atoms with van der Waals surface area (Å²) < 4.78 is 5.93. The van der Waals surface area contributed by atoms with Crippen LogP contribution in [0.5, 0.6) is 0 Å². The molecule has 8 heteroatoms. The molecule has 0 aromatic heterocycles. The van der Waals surface area contributed by atoms with Crippen molar-refractivity contribution in [2.24, 2.45) is 23.7 Å². The molecule has 2 aliphatic rings. The third kappa shape index (κ3) is 4.20. The number of esters is 1. The smallest absolute Gasteiger partial charge is 0.329 e. The van der Waals surface area contributed by atoms with Crippen LogP contribution in [-0.2, 0) is 9.53 Å². The molecule has 2 amide bonds. The Hall–Kier alpha value is -2.77. The molecule has 4 atom stereocenters. The number of hydrogen-bond donors (Lipinski definition) is 0. The van der Waals surface area contributed by atoms with Crippen LogP contribution >= 0.6 is 0 Å². The molecule has 0 radical (unpaired) electrons. The molecule has 0 bridgehead atoms. The third-order valence-electron chi connectivity index (χ3n) is 6.50. The van der Waals surface area contributed by atoms with E-state index in [0.29, 0.717) is 11.8 Å². The van der Waals surface area contributed by atoms with Crippen molar-refractivity contribution in [3.8, 4) is 0 Å². The Morgan fingerprint density at radius 3 is 2.42 bits per heavy atom. The van der Waals surface area contributed by atoms with Crippen LogP contribution < -0.4 is 0 Å². The summed E-state index contributed by atoms with van der Waals surface area (Å²) in [6.07, 6.45) is 2.50. The van der Waals surface area contributed by atoms with Gasteiger partial charge in [0, 0.05) is 6.07 Å². The summed E-state index contributed by atoms with van der Waals surface area (Å²) in [7, 11) is 0. The lowest BCUT2D eigenvalue weighted by Gasteiger charge is -2.38. The van der Waals surface area contributed by atoms with E-state index in [1.54, 1.807) is 13.8 Å². The van der Waals surface area contributed by atoms with E-state index in [0.717, 1.165) is 24.2 Å². The fourth-order valence-corrected chi connectivity index (χ4v) is 4.84. The normalized spacial score (nSPS) is 24.5. The number of carbonyl (C=O) groups excluding carboxylic acids is 3. The van der Waals surface area contributed by atoms with Crippen LogP contribution in [-0.4, -0.2) is 39.8 Å². The van der Waals surface area contributed by atoms with Gasteiger partial charge in [0.05, 0.1) is 10.5 Å². The molecule has 1 heterocycles. The molecule has 0 saturated heterocycles. The molecule has 4 unspecified atom stereocenters. The summed E-state index contributed by atoms with van der Waals surface area (Å²) in [6, 6.07) is 2.79. The highest BCUT2D eigenvalue weighted by Gasteiger charge is 2.48. The van der Waals surface area contributed by atoms with E-state index in [1.807, 2.05) is 0 Å². The average Bonchev–Trinajstić information content (AvgIpc) is 2.93. The molecule has 1 aliphatic heterocycles. The molecule has 0 N–H and O–H groups in total. The highest BCUT2D eigenvalue weighted by atomic mass is 16.6. The van der Waals surface area contributed by atoms with Crippen molar-refractivity contribution in [3.63, 3.8) is 0 Å². The van der Waals surface area contributed by atoms with Crippen molar-refractivity contribution in [1.82, 2.24) is 4.90 Å². The number of ether oxygens (including phenoxy) is 1. The zero-order valence-corrected chi connectivity index (χ0v) is 18.7. The van der Waals surface area contributed by atoms with E-state index >= 15 is 0 Å². The van der Waals surface area contributed by atoms with E-state index < -0.39 is 40.4 Å². The summed E-state index contributed by atoms with van der Waals surface area (Å²) in [5.41, 5.74) is -0.749. The van der Waals surface area contributed by atoms with Gasteiger partial charge in [0.2, 0.25) is 0 Å². The van der Waals surface area contributed by atoms with Crippen LogP contribution in [0.1, 0.15) is 74.6 Å². The van der Waals surface area contributed by atoms with Crippen molar-refractivity contribution < 1.29 is 24.0 Å². The van der Waals surface area contributed by atoms with Gasteiger partial charge >= 0.3 is 5.97 Å². The summed E-state index contributed by atoms with van der Waals surface area (Å²) in [5, 5.41) is 11.4. The summed E-state index contributed by atoms with van der Waals surface area (Å²) in [5.74, 6) is -1.57. The van der Waals surface area contributed by atoms with Crippen LogP contribution in [0.4, 0.5) is 5.69 Å². The number of nitro groups is 1. The van der Waals surface area contributed by atoms with Crippen molar-refractivity contribution in [2.75, 3.05) is 0 Å². The molecule has 0 spiro atoms. The number of rotatable bonds is 6. The maximum absolute atomic E-state index is 13.3. The zero-order valence-electron chi connectivity index (χ0n) is 18.7. The van der Waals surface area contributed by atoms with Gasteiger partial charge in [-0.25, -0.2) is 4.79 Å². The standard InChI is InChI=1S/C23H30N2O6/c1-12(2)15-10-9-14(5)11-18(15)31-23(28)20(13(3)4)24-21(26)16-7-6-8-17(25(29)30)19(16)22(24)27/h6-8,12-15,18,20H,9-11H2,1-5H3. The molecule has 3 rings (SSSR count). The van der Waals surface area contributed by atoms with Gasteiger partial charge in [-0.05, 0) is 42.6 Å². The Morgan fingerprint density at radius 1 is 1.16 bits per heavy atom. The second-order valence-corrected chi connectivity index (χ2v) is 9.43. The predicted molar refractivity (Wildman–Crippen MR) is 113 cm³/mol. The number of carbonyl (C=O) groups is 3. The van der Waals surface area contributed by atoms with Crippen LogP contribution in [0.15, 0.2) is 18.2 Å². The summed E-state index contributed by atoms with van der Waals surface area (Å²) in [4.78, 5) is 50.9. The molecule has 1 aromatic rings. The summed E-state index contributed by atoms with van der Waals surface area (Å²) in [6.45, 7) is 9.79. The minimum atomic E-state index is -1.14. The first-order valence-electron chi connectivity index (χ1n) is 10.9. The largest absolute Gasteiger partial charge is 0.461 e. The lowest BCUT2D eigenvalue weighted by molar-refractivity contribution is -0.385. The molecule has 8 nitrogen and oxygen atoms in total. The Bertz CT molecular complexity index is 909. The first-order valence-corrected chi connectivity index (χ1v) is 10.9. The molecular weight excluding hydrogens is 400 g/mol. The molecule has 1 aromatic carbocycles. The third-order valence-corrected chi connectivity index (χ3v) is 6.50. The number of hydrogen-bond acceptors (Lipinski definition) is 6. The van der Waals surface area contributed by atoms with E-state index in [4.69, 9.17) is 4.74 Å². The molecule has 168 valence electrons. The van der Waals surface area contributed by atoms with Gasteiger partial charge in [-0.2, -0.15) is 0 Å². The number of fused-ring (bicyclic) bond motifs is 1. The van der Waals surface area contributed by atoms with Crippen molar-refractivity contribution in [3.05, 3.63) is 39.4 Å². The average molecular weight is 431 g/mol. The minimum Gasteiger partial charge on any atom is -0.461 e. The Kier molecular flexibility index (Phi) is 6.48. The summed E-state index contributed by atoms with van der Waals surface area (Å²) >= 11 is 0. The number of imide groups is 1. The van der Waals surface area contributed by atoms with Gasteiger partial charge in [-0.15, -0.1) is 0 Å². The van der Waals surface area contributed by atoms with Crippen LogP contribution in [0.25, 0.3) is 0 Å². The van der Waals surface area contributed by atoms with Gasteiger partial charge < -0.3 is 4.74 Å². The Morgan fingerprint density at radius 2 is 1.84 bits per heavy atom. The number of benzene rings is 1. The monoisotopic (exact) mass is 430 g/mol. The molecule has 1 aliphatic carbocycles. The van der Waals surface area contributed by atoms with Crippen LogP contribution in [0.3, 0.4) is 0 Å². The maximum atomic E-state index is 13.3. The van der Waals surface area contributed by atoms with E-state index in [2.05, 4.69) is 20.8 Å². The quantitative estimate of drug-likeness (QED) is 0.289. The lowest BCUT2D eigenvalue weighted by Crippen LogP contribution is -2.50. The van der Waals surface area contributed by atoms with Gasteiger partial charge in [0.25, 0.3) is 17.5 Å². The first-order chi connectivity index (χ1) is 14.5. The Balaban J connectivity index is 1.91. The van der Waals surface area contributed by atoms with Gasteiger partial charge in [0.1, 0.15) is 17.7 Å². The molecule has 1 saturated carbocycles. The second kappa shape index (κ2) is 8.77.